The van der Waals surface area contributed by atoms with Crippen LogP contribution in [0.3, 0.4) is 0 Å². The molecule has 0 saturated carbocycles. The van der Waals surface area contributed by atoms with Crippen LogP contribution in [0.25, 0.3) is 0 Å². The Morgan fingerprint density at radius 3 is 2.50 bits per heavy atom. The van der Waals surface area contributed by atoms with Crippen molar-refractivity contribution in [1.82, 2.24) is 5.32 Å². The molecule has 0 saturated heterocycles. The highest BCUT2D eigenvalue weighted by molar-refractivity contribution is 5.71. The lowest BCUT2D eigenvalue weighted by Crippen LogP contribution is -2.33. The zero-order chi connectivity index (χ0) is 12.6. The van der Waals surface area contributed by atoms with Gasteiger partial charge in [-0.3, -0.25) is 10.1 Å². The molecule has 0 heterocycles. The summed E-state index contributed by atoms with van der Waals surface area (Å²) in [6.07, 6.45) is -2.62. The number of carbonyl (C=O) groups is 1. The van der Waals surface area contributed by atoms with Crippen molar-refractivity contribution in [3.8, 4) is 0 Å². The second-order valence-electron chi connectivity index (χ2n) is 3.98. The van der Waals surface area contributed by atoms with Gasteiger partial charge in [0.1, 0.15) is 0 Å². The van der Waals surface area contributed by atoms with Crippen LogP contribution in [0.2, 0.25) is 0 Å². The molecule has 0 aromatic rings. The van der Waals surface area contributed by atoms with Crippen LogP contribution in [0, 0.1) is 5.92 Å². The molecule has 0 aliphatic carbocycles. The first-order valence-corrected chi connectivity index (χ1v) is 5.24. The molecule has 0 amide bonds. The van der Waals surface area contributed by atoms with Gasteiger partial charge in [0.25, 0.3) is 0 Å². The van der Waals surface area contributed by atoms with Gasteiger partial charge in [-0.15, -0.1) is 0 Å². The fraction of sp³-hybridized carbons (Fsp3) is 0.900. The molecule has 0 aliphatic heterocycles. The van der Waals surface area contributed by atoms with Crippen LogP contribution < -0.4 is 5.32 Å². The van der Waals surface area contributed by atoms with Crippen molar-refractivity contribution >= 4 is 5.97 Å². The quantitative estimate of drug-likeness (QED) is 0.548. The van der Waals surface area contributed by atoms with Gasteiger partial charge in [-0.2, -0.15) is 13.2 Å². The Balaban J connectivity index is 3.39. The molecule has 0 fully saturated rings. The van der Waals surface area contributed by atoms with Crippen LogP contribution in [-0.2, 0) is 9.53 Å². The smallest absolute Gasteiger partial charge is 0.401 e. The fourth-order valence-corrected chi connectivity index (χ4v) is 1.03. The standard InChI is InChI=1S/C10H18F3NO2/c1-8(2)4-3-5-16-9(15)6-14-7-10(11,12)13/h8,14H,3-7H2,1-2H3. The van der Waals surface area contributed by atoms with E-state index in [-0.39, 0.29) is 6.61 Å². The molecule has 0 bridgehead atoms. The van der Waals surface area contributed by atoms with E-state index >= 15 is 0 Å². The number of nitrogens with one attached hydrogen (secondary N) is 1. The highest BCUT2D eigenvalue weighted by Gasteiger charge is 2.26. The molecule has 0 unspecified atom stereocenters. The SMILES string of the molecule is CC(C)CCCOC(=O)CNCC(F)(F)F. The molecule has 0 aromatic carbocycles. The molecule has 0 radical (unpaired) electrons. The molecule has 0 aromatic heterocycles. The molecule has 0 rings (SSSR count). The molecular weight excluding hydrogens is 223 g/mol. The maximum atomic E-state index is 11.7. The highest BCUT2D eigenvalue weighted by atomic mass is 19.4. The van der Waals surface area contributed by atoms with E-state index in [0.29, 0.717) is 5.92 Å². The summed E-state index contributed by atoms with van der Waals surface area (Å²) >= 11 is 0. The van der Waals surface area contributed by atoms with Gasteiger partial charge in [-0.1, -0.05) is 13.8 Å². The predicted molar refractivity (Wildman–Crippen MR) is 54.0 cm³/mol. The minimum absolute atomic E-state index is 0.269. The van der Waals surface area contributed by atoms with Crippen molar-refractivity contribution in [2.24, 2.45) is 5.92 Å². The van der Waals surface area contributed by atoms with E-state index in [9.17, 15) is 18.0 Å². The lowest BCUT2D eigenvalue weighted by atomic mass is 10.1. The van der Waals surface area contributed by atoms with E-state index < -0.39 is 25.2 Å². The number of hydrogen-bond donors (Lipinski definition) is 1. The van der Waals surface area contributed by atoms with Gasteiger partial charge in [0.15, 0.2) is 0 Å². The Morgan fingerprint density at radius 2 is 2.00 bits per heavy atom. The van der Waals surface area contributed by atoms with Crippen LogP contribution in [0.4, 0.5) is 13.2 Å². The van der Waals surface area contributed by atoms with Crippen molar-refractivity contribution in [2.45, 2.75) is 32.9 Å². The van der Waals surface area contributed by atoms with Crippen LogP contribution in [-0.4, -0.2) is 31.8 Å². The molecule has 1 N–H and O–H groups in total. The molecule has 0 aliphatic rings. The van der Waals surface area contributed by atoms with E-state index in [4.69, 9.17) is 4.74 Å². The van der Waals surface area contributed by atoms with E-state index in [1.807, 2.05) is 19.2 Å². The van der Waals surface area contributed by atoms with Gasteiger partial charge < -0.3 is 4.74 Å². The van der Waals surface area contributed by atoms with Crippen LogP contribution in [0.5, 0.6) is 0 Å². The van der Waals surface area contributed by atoms with Crippen LogP contribution in [0.1, 0.15) is 26.7 Å². The average molecular weight is 241 g/mol. The molecule has 96 valence electrons. The van der Waals surface area contributed by atoms with E-state index in [0.717, 1.165) is 12.8 Å². The van der Waals surface area contributed by atoms with Crippen molar-refractivity contribution in [3.63, 3.8) is 0 Å². The lowest BCUT2D eigenvalue weighted by molar-refractivity contribution is -0.144. The second kappa shape index (κ2) is 7.49. The van der Waals surface area contributed by atoms with Gasteiger partial charge in [0.05, 0.1) is 19.7 Å². The minimum Gasteiger partial charge on any atom is -0.465 e. The normalized spacial score (nSPS) is 11.9. The van der Waals surface area contributed by atoms with Crippen LogP contribution in [0.15, 0.2) is 0 Å². The Labute approximate surface area is 93.3 Å². The van der Waals surface area contributed by atoms with Gasteiger partial charge in [0, 0.05) is 0 Å². The average Bonchev–Trinajstić information content (AvgIpc) is 2.10. The minimum atomic E-state index is -4.29. The van der Waals surface area contributed by atoms with Gasteiger partial charge >= 0.3 is 12.1 Å². The number of esters is 1. The number of carbonyl (C=O) groups excluding carboxylic acids is 1. The number of hydrogen-bond acceptors (Lipinski definition) is 3. The van der Waals surface area contributed by atoms with Crippen molar-refractivity contribution in [1.29, 1.82) is 0 Å². The summed E-state index contributed by atoms with van der Waals surface area (Å²) in [5.74, 6) is -0.116. The third-order valence-corrected chi connectivity index (χ3v) is 1.78. The van der Waals surface area contributed by atoms with Gasteiger partial charge in [-0.25, -0.2) is 0 Å². The van der Waals surface area contributed by atoms with Crippen LogP contribution >= 0.6 is 0 Å². The Hall–Kier alpha value is -0.780. The van der Waals surface area contributed by atoms with E-state index in [1.54, 1.807) is 0 Å². The first-order chi connectivity index (χ1) is 7.31. The van der Waals surface area contributed by atoms with Crippen molar-refractivity contribution in [3.05, 3.63) is 0 Å². The largest absolute Gasteiger partial charge is 0.465 e. The summed E-state index contributed by atoms with van der Waals surface area (Å²) in [5.41, 5.74) is 0. The summed E-state index contributed by atoms with van der Waals surface area (Å²) in [6, 6.07) is 0. The third kappa shape index (κ3) is 11.3. The van der Waals surface area contributed by atoms with Gasteiger partial charge in [0.2, 0.25) is 0 Å². The van der Waals surface area contributed by atoms with E-state index in [2.05, 4.69) is 0 Å². The highest BCUT2D eigenvalue weighted by Crippen LogP contribution is 2.11. The lowest BCUT2D eigenvalue weighted by Gasteiger charge is -2.09. The summed E-state index contributed by atoms with van der Waals surface area (Å²) < 4.78 is 39.8. The summed E-state index contributed by atoms with van der Waals surface area (Å²) in [6.45, 7) is 2.79. The Bertz CT molecular complexity index is 205. The Morgan fingerprint density at radius 1 is 1.38 bits per heavy atom. The molecule has 0 atom stereocenters. The molecular formula is C10H18F3NO2. The number of ether oxygens (including phenoxy) is 1. The van der Waals surface area contributed by atoms with Gasteiger partial charge in [-0.05, 0) is 18.8 Å². The molecule has 6 heteroatoms. The molecule has 0 spiro atoms. The number of halogens is 3. The topological polar surface area (TPSA) is 38.3 Å². The maximum absolute atomic E-state index is 11.7. The summed E-state index contributed by atoms with van der Waals surface area (Å²) in [7, 11) is 0. The predicted octanol–water partition coefficient (Wildman–Crippen LogP) is 2.12. The second-order valence-corrected chi connectivity index (χ2v) is 3.98. The molecule has 16 heavy (non-hydrogen) atoms. The van der Waals surface area contributed by atoms with Crippen molar-refractivity contribution < 1.29 is 22.7 Å². The summed E-state index contributed by atoms with van der Waals surface area (Å²) in [4.78, 5) is 10.9. The first-order valence-electron chi connectivity index (χ1n) is 5.24. The Kier molecular flexibility index (Phi) is 7.12. The van der Waals surface area contributed by atoms with E-state index in [1.165, 1.54) is 0 Å². The first kappa shape index (κ1) is 15.2. The molecule has 3 nitrogen and oxygen atoms in total. The zero-order valence-corrected chi connectivity index (χ0v) is 9.56. The fourth-order valence-electron chi connectivity index (χ4n) is 1.03. The van der Waals surface area contributed by atoms with Crippen molar-refractivity contribution in [2.75, 3.05) is 19.7 Å². The monoisotopic (exact) mass is 241 g/mol. The maximum Gasteiger partial charge on any atom is 0.401 e. The summed E-state index contributed by atoms with van der Waals surface area (Å²) in [5, 5.41) is 1.98. The zero-order valence-electron chi connectivity index (χ0n) is 9.56. The number of alkyl halides is 3. The number of rotatable bonds is 7. The third-order valence-electron chi connectivity index (χ3n) is 1.78.